The molecule has 130 valence electrons. The standard InChI is InChI=1S/C18H18N2O4S/c1-25(22,23)20-12-17(24-16-9-5-4-8-15(16)20)18(21)19-11-10-13-6-2-3-7-14(13)19/h2-9,17H,10-12H2,1H3/t17-/m1/s1. The topological polar surface area (TPSA) is 66.9 Å². The highest BCUT2D eigenvalue weighted by Gasteiger charge is 2.38. The maximum absolute atomic E-state index is 13.0. The molecule has 25 heavy (non-hydrogen) atoms. The van der Waals surface area contributed by atoms with Crippen LogP contribution >= 0.6 is 0 Å². The molecule has 1 atom stereocenters. The number of amides is 1. The maximum atomic E-state index is 13.0. The van der Waals surface area contributed by atoms with E-state index in [9.17, 15) is 13.2 Å². The van der Waals surface area contributed by atoms with Crippen molar-refractivity contribution in [2.45, 2.75) is 12.5 Å². The summed E-state index contributed by atoms with van der Waals surface area (Å²) in [5.74, 6) is 0.193. The van der Waals surface area contributed by atoms with Crippen molar-refractivity contribution in [2.24, 2.45) is 0 Å². The van der Waals surface area contributed by atoms with Crippen LogP contribution in [0.15, 0.2) is 48.5 Å². The van der Waals surface area contributed by atoms with Gasteiger partial charge >= 0.3 is 0 Å². The summed E-state index contributed by atoms with van der Waals surface area (Å²) in [5, 5.41) is 0. The highest BCUT2D eigenvalue weighted by molar-refractivity contribution is 7.92. The first-order chi connectivity index (χ1) is 11.9. The predicted molar refractivity (Wildman–Crippen MR) is 95.5 cm³/mol. The molecule has 0 saturated carbocycles. The van der Waals surface area contributed by atoms with Crippen molar-refractivity contribution in [3.05, 3.63) is 54.1 Å². The molecule has 0 bridgehead atoms. The molecule has 1 amide bonds. The lowest BCUT2D eigenvalue weighted by Crippen LogP contribution is -2.51. The van der Waals surface area contributed by atoms with Crippen LogP contribution in [0.2, 0.25) is 0 Å². The molecular formula is C18H18N2O4S. The fourth-order valence-electron chi connectivity index (χ4n) is 3.39. The van der Waals surface area contributed by atoms with Gasteiger partial charge in [-0.15, -0.1) is 0 Å². The number of para-hydroxylation sites is 3. The number of carbonyl (C=O) groups excluding carboxylic acids is 1. The second kappa shape index (κ2) is 5.77. The van der Waals surface area contributed by atoms with Gasteiger partial charge in [0.1, 0.15) is 5.75 Å². The van der Waals surface area contributed by atoms with E-state index in [0.29, 0.717) is 18.0 Å². The first-order valence-electron chi connectivity index (χ1n) is 8.08. The predicted octanol–water partition coefficient (Wildman–Crippen LogP) is 1.80. The Balaban J connectivity index is 1.67. The zero-order valence-electron chi connectivity index (χ0n) is 13.8. The van der Waals surface area contributed by atoms with E-state index in [1.807, 2.05) is 24.3 Å². The Morgan fingerprint density at radius 3 is 2.52 bits per heavy atom. The summed E-state index contributed by atoms with van der Waals surface area (Å²) in [6, 6.07) is 14.6. The van der Waals surface area contributed by atoms with Gasteiger partial charge in [-0.05, 0) is 30.2 Å². The van der Waals surface area contributed by atoms with Gasteiger partial charge in [0.2, 0.25) is 10.0 Å². The first-order valence-corrected chi connectivity index (χ1v) is 9.92. The number of hydrogen-bond donors (Lipinski definition) is 0. The number of hydrogen-bond acceptors (Lipinski definition) is 4. The summed E-state index contributed by atoms with van der Waals surface area (Å²) in [6.07, 6.45) is 1.07. The van der Waals surface area contributed by atoms with Crippen LogP contribution in [0, 0.1) is 0 Å². The number of anilines is 2. The van der Waals surface area contributed by atoms with Crippen LogP contribution < -0.4 is 13.9 Å². The van der Waals surface area contributed by atoms with Crippen molar-refractivity contribution in [2.75, 3.05) is 28.6 Å². The molecule has 2 aliphatic heterocycles. The molecule has 2 aliphatic rings. The van der Waals surface area contributed by atoms with Crippen molar-refractivity contribution in [3.63, 3.8) is 0 Å². The van der Waals surface area contributed by atoms with Gasteiger partial charge in [-0.2, -0.15) is 0 Å². The molecule has 4 rings (SSSR count). The zero-order valence-corrected chi connectivity index (χ0v) is 14.6. The Morgan fingerprint density at radius 2 is 1.76 bits per heavy atom. The van der Waals surface area contributed by atoms with E-state index < -0.39 is 16.1 Å². The zero-order chi connectivity index (χ0) is 17.6. The average Bonchev–Trinajstić information content (AvgIpc) is 3.03. The molecule has 7 heteroatoms. The first kappa shape index (κ1) is 16.0. The summed E-state index contributed by atoms with van der Waals surface area (Å²) in [7, 11) is -3.51. The lowest BCUT2D eigenvalue weighted by molar-refractivity contribution is -0.125. The van der Waals surface area contributed by atoms with E-state index in [0.717, 1.165) is 23.9 Å². The second-order valence-corrected chi connectivity index (χ2v) is 8.14. The molecule has 0 radical (unpaired) electrons. The molecule has 0 fully saturated rings. The SMILES string of the molecule is CS(=O)(=O)N1C[C@H](C(=O)N2CCc3ccccc32)Oc2ccccc21. The van der Waals surface area contributed by atoms with Crippen LogP contribution in [0.4, 0.5) is 11.4 Å². The van der Waals surface area contributed by atoms with Crippen LogP contribution in [0.3, 0.4) is 0 Å². The molecule has 0 spiro atoms. The molecular weight excluding hydrogens is 340 g/mol. The van der Waals surface area contributed by atoms with Gasteiger partial charge in [-0.3, -0.25) is 9.10 Å². The number of benzene rings is 2. The third kappa shape index (κ3) is 2.74. The Kier molecular flexibility index (Phi) is 3.68. The van der Waals surface area contributed by atoms with Crippen molar-refractivity contribution >= 4 is 27.3 Å². The van der Waals surface area contributed by atoms with E-state index in [2.05, 4.69) is 0 Å². The van der Waals surface area contributed by atoms with E-state index >= 15 is 0 Å². The van der Waals surface area contributed by atoms with Crippen molar-refractivity contribution in [1.82, 2.24) is 0 Å². The smallest absolute Gasteiger partial charge is 0.269 e. The van der Waals surface area contributed by atoms with Crippen LogP contribution in [0.25, 0.3) is 0 Å². The van der Waals surface area contributed by atoms with Crippen molar-refractivity contribution < 1.29 is 17.9 Å². The van der Waals surface area contributed by atoms with Gasteiger partial charge in [-0.25, -0.2) is 8.42 Å². The van der Waals surface area contributed by atoms with Gasteiger partial charge in [0, 0.05) is 12.2 Å². The normalized spacial score (nSPS) is 19.2. The van der Waals surface area contributed by atoms with E-state index in [1.165, 1.54) is 4.31 Å². The fourth-order valence-corrected chi connectivity index (χ4v) is 4.30. The molecule has 0 unspecified atom stereocenters. The summed E-state index contributed by atoms with van der Waals surface area (Å²) in [6.45, 7) is 0.561. The minimum absolute atomic E-state index is 0.0205. The molecule has 2 aromatic carbocycles. The van der Waals surface area contributed by atoms with Crippen molar-refractivity contribution in [1.29, 1.82) is 0 Å². The van der Waals surface area contributed by atoms with Crippen LogP contribution in [-0.2, 0) is 21.2 Å². The number of sulfonamides is 1. The number of ether oxygens (including phenoxy) is 1. The molecule has 0 aliphatic carbocycles. The molecule has 6 nitrogen and oxygen atoms in total. The number of carbonyl (C=O) groups is 1. The second-order valence-electron chi connectivity index (χ2n) is 6.24. The molecule has 0 aromatic heterocycles. The van der Waals surface area contributed by atoms with Crippen LogP contribution in [0.5, 0.6) is 5.75 Å². The third-order valence-corrected chi connectivity index (χ3v) is 5.71. The fraction of sp³-hybridized carbons (Fsp3) is 0.278. The molecule has 2 heterocycles. The van der Waals surface area contributed by atoms with E-state index in [-0.39, 0.29) is 12.5 Å². The Bertz CT molecular complexity index is 942. The number of fused-ring (bicyclic) bond motifs is 2. The van der Waals surface area contributed by atoms with Crippen LogP contribution in [-0.4, -0.2) is 39.8 Å². The lowest BCUT2D eigenvalue weighted by Gasteiger charge is -2.35. The minimum Gasteiger partial charge on any atom is -0.476 e. The van der Waals surface area contributed by atoms with Crippen molar-refractivity contribution in [3.8, 4) is 5.75 Å². The molecule has 0 N–H and O–H groups in total. The monoisotopic (exact) mass is 358 g/mol. The molecule has 2 aromatic rings. The van der Waals surface area contributed by atoms with E-state index in [1.54, 1.807) is 29.2 Å². The third-order valence-electron chi connectivity index (χ3n) is 4.56. The average molecular weight is 358 g/mol. The quantitative estimate of drug-likeness (QED) is 0.821. The highest BCUT2D eigenvalue weighted by Crippen LogP contribution is 2.36. The van der Waals surface area contributed by atoms with E-state index in [4.69, 9.17) is 4.74 Å². The number of rotatable bonds is 2. The van der Waals surface area contributed by atoms with Gasteiger partial charge in [0.15, 0.2) is 6.10 Å². The van der Waals surface area contributed by atoms with Gasteiger partial charge in [0.25, 0.3) is 5.91 Å². The Labute approximate surface area is 146 Å². The number of nitrogens with zero attached hydrogens (tertiary/aromatic N) is 2. The van der Waals surface area contributed by atoms with Gasteiger partial charge in [0.05, 0.1) is 18.5 Å². The Hall–Kier alpha value is -2.54. The highest BCUT2D eigenvalue weighted by atomic mass is 32.2. The summed E-state index contributed by atoms with van der Waals surface area (Å²) in [5.41, 5.74) is 2.46. The summed E-state index contributed by atoms with van der Waals surface area (Å²) < 4.78 is 31.5. The van der Waals surface area contributed by atoms with Crippen LogP contribution in [0.1, 0.15) is 5.56 Å². The maximum Gasteiger partial charge on any atom is 0.269 e. The minimum atomic E-state index is -3.51. The largest absolute Gasteiger partial charge is 0.476 e. The van der Waals surface area contributed by atoms with Gasteiger partial charge < -0.3 is 9.64 Å². The Morgan fingerprint density at radius 1 is 1.08 bits per heavy atom. The summed E-state index contributed by atoms with van der Waals surface area (Å²) >= 11 is 0. The lowest BCUT2D eigenvalue weighted by atomic mass is 10.1. The van der Waals surface area contributed by atoms with Gasteiger partial charge in [-0.1, -0.05) is 30.3 Å². The summed E-state index contributed by atoms with van der Waals surface area (Å²) in [4.78, 5) is 14.7. The molecule has 0 saturated heterocycles.